The van der Waals surface area contributed by atoms with Crippen molar-refractivity contribution in [1.29, 1.82) is 0 Å². The van der Waals surface area contributed by atoms with Gasteiger partial charge in [0.15, 0.2) is 0 Å². The molecule has 2 fully saturated rings. The van der Waals surface area contributed by atoms with E-state index in [1.807, 2.05) is 0 Å². The van der Waals surface area contributed by atoms with Crippen LogP contribution in [0.25, 0.3) is 0 Å². The second-order valence-electron chi connectivity index (χ2n) is 6.56. The molecule has 1 aromatic rings. The van der Waals surface area contributed by atoms with Gasteiger partial charge in [-0.15, -0.1) is 0 Å². The Morgan fingerprint density at radius 1 is 1.00 bits per heavy atom. The molecule has 4 heteroatoms. The Bertz CT molecular complexity index is 450. The van der Waals surface area contributed by atoms with Crippen molar-refractivity contribution in [2.45, 2.75) is 64.2 Å². The predicted molar refractivity (Wildman–Crippen MR) is 87.9 cm³/mol. The van der Waals surface area contributed by atoms with Crippen LogP contribution in [0.4, 0.5) is 11.6 Å². The summed E-state index contributed by atoms with van der Waals surface area (Å²) in [5, 5.41) is 6.92. The van der Waals surface area contributed by atoms with Crippen molar-refractivity contribution < 1.29 is 0 Å². The van der Waals surface area contributed by atoms with Gasteiger partial charge < -0.3 is 10.6 Å². The first-order valence-corrected chi connectivity index (χ1v) is 8.72. The van der Waals surface area contributed by atoms with Crippen LogP contribution in [0.1, 0.15) is 70.0 Å². The lowest BCUT2D eigenvalue weighted by atomic mass is 10.0. The maximum absolute atomic E-state index is 4.71. The van der Waals surface area contributed by atoms with E-state index in [0.717, 1.165) is 42.9 Å². The van der Waals surface area contributed by atoms with Crippen molar-refractivity contribution in [3.8, 4) is 0 Å². The van der Waals surface area contributed by atoms with Gasteiger partial charge in [0, 0.05) is 25.1 Å². The molecule has 0 unspecified atom stereocenters. The van der Waals surface area contributed by atoms with Gasteiger partial charge in [-0.3, -0.25) is 0 Å². The Morgan fingerprint density at radius 3 is 2.29 bits per heavy atom. The maximum Gasteiger partial charge on any atom is 0.136 e. The number of rotatable bonds is 8. The fraction of sp³-hybridized carbons (Fsp3) is 0.765. The maximum atomic E-state index is 4.71. The van der Waals surface area contributed by atoms with E-state index in [0.29, 0.717) is 5.92 Å². The molecule has 0 bridgehead atoms. The van der Waals surface area contributed by atoms with Crippen molar-refractivity contribution >= 4 is 11.6 Å². The van der Waals surface area contributed by atoms with Gasteiger partial charge in [0.05, 0.1) is 0 Å². The molecule has 0 saturated heterocycles. The number of anilines is 2. The summed E-state index contributed by atoms with van der Waals surface area (Å²) in [6, 6.07) is 2.07. The minimum Gasteiger partial charge on any atom is -0.370 e. The molecular formula is C17H28N4. The zero-order valence-corrected chi connectivity index (χ0v) is 13.2. The minimum atomic E-state index is 0.601. The fourth-order valence-corrected chi connectivity index (χ4v) is 3.13. The van der Waals surface area contributed by atoms with Crippen LogP contribution in [0.15, 0.2) is 6.07 Å². The molecule has 0 aliphatic heterocycles. The predicted octanol–water partition coefficient (Wildman–Crippen LogP) is 4.17. The van der Waals surface area contributed by atoms with Crippen molar-refractivity contribution in [3.63, 3.8) is 0 Å². The molecule has 1 aromatic heterocycles. The van der Waals surface area contributed by atoms with Crippen LogP contribution < -0.4 is 10.6 Å². The van der Waals surface area contributed by atoms with Crippen LogP contribution in [0, 0.1) is 5.92 Å². The third-order valence-electron chi connectivity index (χ3n) is 4.58. The van der Waals surface area contributed by atoms with Gasteiger partial charge in [0.1, 0.15) is 17.5 Å². The minimum absolute atomic E-state index is 0.601. The zero-order valence-electron chi connectivity index (χ0n) is 13.2. The summed E-state index contributed by atoms with van der Waals surface area (Å²) in [5.74, 6) is 4.55. The largest absolute Gasteiger partial charge is 0.370 e. The molecule has 0 spiro atoms. The Kier molecular flexibility index (Phi) is 4.94. The number of nitrogens with zero attached hydrogens (tertiary/aromatic N) is 2. The molecule has 0 atom stereocenters. The average Bonchev–Trinajstić information content (AvgIpc) is 3.23. The highest BCUT2D eigenvalue weighted by atomic mass is 15.1. The third-order valence-corrected chi connectivity index (χ3v) is 4.58. The fourth-order valence-electron chi connectivity index (χ4n) is 3.13. The summed E-state index contributed by atoms with van der Waals surface area (Å²) in [6.45, 7) is 4.19. The smallest absolute Gasteiger partial charge is 0.136 e. The normalized spacial score (nSPS) is 18.9. The number of nitrogens with one attached hydrogen (secondary N) is 2. The first kappa shape index (κ1) is 14.6. The van der Waals surface area contributed by atoms with Crippen molar-refractivity contribution in [3.05, 3.63) is 11.9 Å². The van der Waals surface area contributed by atoms with Crippen LogP contribution >= 0.6 is 0 Å². The van der Waals surface area contributed by atoms with E-state index in [4.69, 9.17) is 4.98 Å². The number of aromatic nitrogens is 2. The van der Waals surface area contributed by atoms with E-state index >= 15 is 0 Å². The van der Waals surface area contributed by atoms with Gasteiger partial charge in [-0.2, -0.15) is 0 Å². The SMILES string of the molecule is CCCNc1cc(NCCC2CCCC2)nc(C2CC2)n1. The molecule has 2 N–H and O–H groups in total. The zero-order chi connectivity index (χ0) is 14.5. The van der Waals surface area contributed by atoms with Crippen molar-refractivity contribution in [2.75, 3.05) is 23.7 Å². The molecule has 2 aliphatic rings. The second kappa shape index (κ2) is 7.10. The second-order valence-corrected chi connectivity index (χ2v) is 6.56. The molecule has 3 rings (SSSR count). The number of hydrogen-bond acceptors (Lipinski definition) is 4. The lowest BCUT2D eigenvalue weighted by Gasteiger charge is -2.13. The Labute approximate surface area is 128 Å². The van der Waals surface area contributed by atoms with E-state index in [-0.39, 0.29) is 0 Å². The summed E-state index contributed by atoms with van der Waals surface area (Å²) in [7, 11) is 0. The van der Waals surface area contributed by atoms with Gasteiger partial charge in [0.25, 0.3) is 0 Å². The molecule has 21 heavy (non-hydrogen) atoms. The van der Waals surface area contributed by atoms with Crippen LogP contribution in [0.2, 0.25) is 0 Å². The van der Waals surface area contributed by atoms with Crippen LogP contribution in [-0.2, 0) is 0 Å². The van der Waals surface area contributed by atoms with Crippen LogP contribution in [0.3, 0.4) is 0 Å². The first-order chi connectivity index (χ1) is 10.3. The quantitative estimate of drug-likeness (QED) is 0.754. The molecule has 116 valence electrons. The molecule has 2 aliphatic carbocycles. The first-order valence-electron chi connectivity index (χ1n) is 8.72. The van der Waals surface area contributed by atoms with Crippen molar-refractivity contribution in [2.24, 2.45) is 5.92 Å². The Balaban J connectivity index is 1.57. The van der Waals surface area contributed by atoms with Gasteiger partial charge in [0.2, 0.25) is 0 Å². The summed E-state index contributed by atoms with van der Waals surface area (Å²) in [5.41, 5.74) is 0. The van der Waals surface area contributed by atoms with E-state index < -0.39 is 0 Å². The van der Waals surface area contributed by atoms with Gasteiger partial charge in [-0.05, 0) is 31.6 Å². The Hall–Kier alpha value is -1.32. The van der Waals surface area contributed by atoms with Crippen LogP contribution in [0.5, 0.6) is 0 Å². The lowest BCUT2D eigenvalue weighted by Crippen LogP contribution is -2.11. The van der Waals surface area contributed by atoms with Gasteiger partial charge in [-0.1, -0.05) is 32.6 Å². The lowest BCUT2D eigenvalue weighted by molar-refractivity contribution is 0.518. The molecule has 0 amide bonds. The molecule has 2 saturated carbocycles. The van der Waals surface area contributed by atoms with Crippen molar-refractivity contribution in [1.82, 2.24) is 9.97 Å². The summed E-state index contributed by atoms with van der Waals surface area (Å²) >= 11 is 0. The highest BCUT2D eigenvalue weighted by Crippen LogP contribution is 2.38. The van der Waals surface area contributed by atoms with E-state index in [9.17, 15) is 0 Å². The standard InChI is InChI=1S/C17H28N4/c1-2-10-18-15-12-16(21-17(20-15)14-7-8-14)19-11-9-13-5-3-4-6-13/h12-14H,2-11H2,1H3,(H2,18,19,20,21). The van der Waals surface area contributed by atoms with E-state index in [1.165, 1.54) is 44.9 Å². The summed E-state index contributed by atoms with van der Waals surface area (Å²) in [6.07, 6.45) is 10.6. The van der Waals surface area contributed by atoms with E-state index in [1.54, 1.807) is 0 Å². The molecule has 4 nitrogen and oxygen atoms in total. The Morgan fingerprint density at radius 2 is 1.67 bits per heavy atom. The highest BCUT2D eigenvalue weighted by Gasteiger charge is 2.27. The number of hydrogen-bond donors (Lipinski definition) is 2. The van der Waals surface area contributed by atoms with Gasteiger partial charge in [-0.25, -0.2) is 9.97 Å². The third kappa shape index (κ3) is 4.32. The molecular weight excluding hydrogens is 260 g/mol. The topological polar surface area (TPSA) is 49.8 Å². The van der Waals surface area contributed by atoms with Crippen LogP contribution in [-0.4, -0.2) is 23.1 Å². The monoisotopic (exact) mass is 288 g/mol. The molecule has 1 heterocycles. The highest BCUT2D eigenvalue weighted by molar-refractivity contribution is 5.48. The molecule has 0 radical (unpaired) electrons. The van der Waals surface area contributed by atoms with Gasteiger partial charge >= 0.3 is 0 Å². The van der Waals surface area contributed by atoms with E-state index in [2.05, 4.69) is 28.6 Å². The summed E-state index contributed by atoms with van der Waals surface area (Å²) < 4.78 is 0. The molecule has 0 aromatic carbocycles. The average molecular weight is 288 g/mol. The summed E-state index contributed by atoms with van der Waals surface area (Å²) in [4.78, 5) is 9.36.